The van der Waals surface area contributed by atoms with Gasteiger partial charge in [-0.3, -0.25) is 4.98 Å². The van der Waals surface area contributed by atoms with Crippen LogP contribution in [0.3, 0.4) is 0 Å². The number of aromatic nitrogens is 1. The summed E-state index contributed by atoms with van der Waals surface area (Å²) in [4.78, 5) is 6.64. The largest absolute Gasteiger partial charge is 0.309 e. The number of para-hydroxylation sites is 1. The zero-order chi connectivity index (χ0) is 26.8. The Morgan fingerprint density at radius 1 is 0.500 bits per heavy atom. The molecule has 7 aromatic rings. The van der Waals surface area contributed by atoms with Gasteiger partial charge in [0.25, 0.3) is 0 Å². The fraction of sp³-hybridized carbons (Fsp3) is 0.0789. The second-order valence-corrected chi connectivity index (χ2v) is 11.3. The molecule has 1 heterocycles. The molecule has 0 amide bonds. The zero-order valence-corrected chi connectivity index (χ0v) is 22.6. The van der Waals surface area contributed by atoms with Gasteiger partial charge in [-0.25, -0.2) is 0 Å². The monoisotopic (exact) mass is 512 g/mol. The van der Waals surface area contributed by atoms with E-state index in [4.69, 9.17) is 0 Å². The van der Waals surface area contributed by atoms with Gasteiger partial charge in [-0.2, -0.15) is 0 Å². The van der Waals surface area contributed by atoms with Gasteiger partial charge in [0.2, 0.25) is 0 Å². The summed E-state index contributed by atoms with van der Waals surface area (Å²) in [6.45, 7) is 4.73. The summed E-state index contributed by atoms with van der Waals surface area (Å²) in [5, 5.41) is 7.95. The van der Waals surface area contributed by atoms with Crippen LogP contribution in [-0.2, 0) is 5.41 Å². The van der Waals surface area contributed by atoms with Crippen molar-refractivity contribution in [2.75, 3.05) is 4.90 Å². The normalized spacial score (nSPS) is 13.4. The van der Waals surface area contributed by atoms with E-state index in [1.807, 2.05) is 18.5 Å². The zero-order valence-electron chi connectivity index (χ0n) is 22.6. The molecule has 8 rings (SSSR count). The number of rotatable bonds is 4. The molecule has 40 heavy (non-hydrogen) atoms. The van der Waals surface area contributed by atoms with Crippen LogP contribution in [-0.4, -0.2) is 4.98 Å². The molecule has 2 nitrogen and oxygen atoms in total. The van der Waals surface area contributed by atoms with Crippen molar-refractivity contribution in [2.24, 2.45) is 0 Å². The second kappa shape index (κ2) is 8.53. The summed E-state index contributed by atoms with van der Waals surface area (Å²) in [6.07, 6.45) is 3.73. The fourth-order valence-electron chi connectivity index (χ4n) is 6.63. The van der Waals surface area contributed by atoms with Crippen LogP contribution in [0.2, 0.25) is 0 Å². The number of benzene rings is 6. The Kier molecular flexibility index (Phi) is 4.90. The first-order chi connectivity index (χ1) is 19.6. The molecular formula is C38H28N2. The van der Waals surface area contributed by atoms with Crippen molar-refractivity contribution in [2.45, 2.75) is 19.3 Å². The Morgan fingerprint density at radius 2 is 1.23 bits per heavy atom. The summed E-state index contributed by atoms with van der Waals surface area (Å²) in [7, 11) is 0. The average Bonchev–Trinajstić information content (AvgIpc) is 3.24. The van der Waals surface area contributed by atoms with Gasteiger partial charge >= 0.3 is 0 Å². The Labute approximate surface area is 234 Å². The quantitative estimate of drug-likeness (QED) is 0.218. The predicted molar refractivity (Wildman–Crippen MR) is 169 cm³/mol. The van der Waals surface area contributed by atoms with E-state index in [0.717, 1.165) is 17.1 Å². The van der Waals surface area contributed by atoms with E-state index in [1.54, 1.807) is 0 Å². The Bertz CT molecular complexity index is 2040. The topological polar surface area (TPSA) is 16.1 Å². The minimum Gasteiger partial charge on any atom is -0.309 e. The van der Waals surface area contributed by atoms with Crippen LogP contribution in [0.4, 0.5) is 17.1 Å². The molecule has 6 aromatic carbocycles. The summed E-state index contributed by atoms with van der Waals surface area (Å²) in [6, 6.07) is 44.2. The molecule has 0 aliphatic heterocycles. The maximum absolute atomic E-state index is 4.38. The third-order valence-corrected chi connectivity index (χ3v) is 8.64. The van der Waals surface area contributed by atoms with Crippen molar-refractivity contribution in [3.8, 4) is 11.1 Å². The maximum atomic E-state index is 4.38. The standard InChI is InChI=1S/C38H28N2/c1-38(2)34-12-6-8-25-13-16-29-21-30(23-35(38)37(29)36(25)34)27-14-15-28-22-32(18-17-26(28)20-27)40(31-9-4-3-5-10-31)33-11-7-19-39-24-33/h3-24H,1-2H3. The van der Waals surface area contributed by atoms with E-state index < -0.39 is 0 Å². The lowest BCUT2D eigenvalue weighted by Crippen LogP contribution is -2.15. The molecule has 0 N–H and O–H groups in total. The summed E-state index contributed by atoms with van der Waals surface area (Å²) in [5.74, 6) is 0. The number of hydrogen-bond acceptors (Lipinski definition) is 2. The fourth-order valence-corrected chi connectivity index (χ4v) is 6.63. The van der Waals surface area contributed by atoms with Gasteiger partial charge in [0, 0.05) is 23.0 Å². The molecule has 1 aromatic heterocycles. The third-order valence-electron chi connectivity index (χ3n) is 8.64. The van der Waals surface area contributed by atoms with Crippen molar-refractivity contribution in [1.29, 1.82) is 0 Å². The van der Waals surface area contributed by atoms with Crippen molar-refractivity contribution in [3.63, 3.8) is 0 Å². The lowest BCUT2D eigenvalue weighted by Gasteiger charge is -2.25. The first-order valence-electron chi connectivity index (χ1n) is 13.9. The summed E-state index contributed by atoms with van der Waals surface area (Å²) >= 11 is 0. The Balaban J connectivity index is 1.24. The first-order valence-corrected chi connectivity index (χ1v) is 13.9. The molecule has 0 fully saturated rings. The van der Waals surface area contributed by atoms with Crippen molar-refractivity contribution >= 4 is 49.4 Å². The highest BCUT2D eigenvalue weighted by Crippen LogP contribution is 2.50. The molecule has 1 aliphatic carbocycles. The number of fused-ring (bicyclic) bond motifs is 1. The number of hydrogen-bond donors (Lipinski definition) is 0. The number of anilines is 3. The van der Waals surface area contributed by atoms with Crippen LogP contribution in [0.1, 0.15) is 25.0 Å². The van der Waals surface area contributed by atoms with E-state index in [0.29, 0.717) is 0 Å². The van der Waals surface area contributed by atoms with Crippen LogP contribution < -0.4 is 4.90 Å². The van der Waals surface area contributed by atoms with Crippen LogP contribution in [0.25, 0.3) is 43.4 Å². The Morgan fingerprint density at radius 3 is 2.08 bits per heavy atom. The van der Waals surface area contributed by atoms with Gasteiger partial charge in [-0.15, -0.1) is 0 Å². The minimum atomic E-state index is -0.0175. The van der Waals surface area contributed by atoms with Gasteiger partial charge in [-0.05, 0) is 109 Å². The summed E-state index contributed by atoms with van der Waals surface area (Å²) < 4.78 is 0. The first kappa shape index (κ1) is 23.0. The molecule has 190 valence electrons. The molecule has 1 aliphatic rings. The van der Waals surface area contributed by atoms with E-state index in [1.165, 1.54) is 54.6 Å². The lowest BCUT2D eigenvalue weighted by molar-refractivity contribution is 0.663. The second-order valence-electron chi connectivity index (χ2n) is 11.3. The van der Waals surface area contributed by atoms with E-state index in [2.05, 4.69) is 139 Å². The highest BCUT2D eigenvalue weighted by atomic mass is 15.1. The highest BCUT2D eigenvalue weighted by molar-refractivity contribution is 6.15. The summed E-state index contributed by atoms with van der Waals surface area (Å²) in [5.41, 5.74) is 8.63. The lowest BCUT2D eigenvalue weighted by atomic mass is 9.81. The van der Waals surface area contributed by atoms with Crippen molar-refractivity contribution in [3.05, 3.63) is 145 Å². The van der Waals surface area contributed by atoms with E-state index in [9.17, 15) is 0 Å². The van der Waals surface area contributed by atoms with Crippen LogP contribution >= 0.6 is 0 Å². The molecule has 0 spiro atoms. The molecule has 0 radical (unpaired) electrons. The Hall–Kier alpha value is -4.95. The van der Waals surface area contributed by atoms with E-state index >= 15 is 0 Å². The minimum absolute atomic E-state index is 0.0175. The molecular weight excluding hydrogens is 484 g/mol. The van der Waals surface area contributed by atoms with Crippen LogP contribution in [0.15, 0.2) is 134 Å². The van der Waals surface area contributed by atoms with Crippen LogP contribution in [0, 0.1) is 0 Å². The smallest absolute Gasteiger partial charge is 0.0644 e. The average molecular weight is 513 g/mol. The van der Waals surface area contributed by atoms with Crippen molar-refractivity contribution < 1.29 is 0 Å². The molecule has 0 unspecified atom stereocenters. The number of pyridine rings is 1. The SMILES string of the molecule is CC1(C)c2cccc3ccc4cc(-c5ccc6cc(N(c7ccccc7)c7cccnc7)ccc6c5)cc1c4c23. The van der Waals surface area contributed by atoms with Crippen molar-refractivity contribution in [1.82, 2.24) is 4.98 Å². The van der Waals surface area contributed by atoms with Gasteiger partial charge in [0.1, 0.15) is 0 Å². The van der Waals surface area contributed by atoms with Crippen LogP contribution in [0.5, 0.6) is 0 Å². The molecule has 0 saturated heterocycles. The third kappa shape index (κ3) is 3.39. The molecule has 0 saturated carbocycles. The predicted octanol–water partition coefficient (Wildman–Crippen LogP) is 10.3. The molecule has 0 bridgehead atoms. The van der Waals surface area contributed by atoms with E-state index in [-0.39, 0.29) is 5.41 Å². The van der Waals surface area contributed by atoms with Gasteiger partial charge < -0.3 is 4.90 Å². The molecule has 2 heteroatoms. The molecule has 0 atom stereocenters. The highest BCUT2D eigenvalue weighted by Gasteiger charge is 2.34. The van der Waals surface area contributed by atoms with Gasteiger partial charge in [0.05, 0.1) is 11.9 Å². The maximum Gasteiger partial charge on any atom is 0.0644 e. The van der Waals surface area contributed by atoms with Gasteiger partial charge in [-0.1, -0.05) is 80.6 Å². The van der Waals surface area contributed by atoms with Gasteiger partial charge in [0.15, 0.2) is 0 Å². The number of nitrogens with zero attached hydrogens (tertiary/aromatic N) is 2.